The number of halogens is 2. The van der Waals surface area contributed by atoms with Gasteiger partial charge in [0.2, 0.25) is 0 Å². The predicted octanol–water partition coefficient (Wildman–Crippen LogP) is 1.18. The second-order valence-corrected chi connectivity index (χ2v) is 7.14. The minimum Gasteiger partial charge on any atom is -0.358 e. The lowest BCUT2D eigenvalue weighted by molar-refractivity contribution is -0.895. The van der Waals surface area contributed by atoms with Crippen LogP contribution < -0.4 is 15.5 Å². The largest absolute Gasteiger partial charge is 0.358 e. The Kier molecular flexibility index (Phi) is 6.89. The van der Waals surface area contributed by atoms with Crippen molar-refractivity contribution in [2.45, 2.75) is 6.54 Å². The van der Waals surface area contributed by atoms with Crippen LogP contribution in [0.25, 0.3) is 0 Å². The number of hydrogen-bond donors (Lipinski definition) is 3. The lowest BCUT2D eigenvalue weighted by Gasteiger charge is -2.33. The molecule has 0 radical (unpaired) electrons. The highest BCUT2D eigenvalue weighted by Gasteiger charge is 2.23. The predicted molar refractivity (Wildman–Crippen MR) is 108 cm³/mol. The monoisotopic (exact) mass is 405 g/mol. The number of quaternary nitrogens is 1. The third kappa shape index (κ3) is 5.97. The number of thiocarbonyl (C=S) groups is 1. The van der Waals surface area contributed by atoms with Crippen LogP contribution in [0.5, 0.6) is 0 Å². The van der Waals surface area contributed by atoms with Gasteiger partial charge >= 0.3 is 0 Å². The first-order valence-corrected chi connectivity index (χ1v) is 9.56. The van der Waals surface area contributed by atoms with Crippen LogP contribution in [0.4, 0.5) is 14.5 Å². The molecule has 0 spiro atoms. The molecule has 1 saturated heterocycles. The average Bonchev–Trinajstić information content (AvgIpc) is 2.68. The highest BCUT2D eigenvalue weighted by atomic mass is 32.1. The summed E-state index contributed by atoms with van der Waals surface area (Å²) in [4.78, 5) is 15.4. The van der Waals surface area contributed by atoms with E-state index >= 15 is 0 Å². The molecule has 1 heterocycles. The molecule has 0 bridgehead atoms. The first-order valence-electron chi connectivity index (χ1n) is 9.16. The molecular formula is C20H23F2N4OS+. The normalized spacial score (nSPS) is 14.6. The Morgan fingerprint density at radius 2 is 1.79 bits per heavy atom. The third-order valence-electron chi connectivity index (χ3n) is 4.63. The zero-order valence-electron chi connectivity index (χ0n) is 15.4. The smallest absolute Gasteiger partial charge is 0.279 e. The fraction of sp³-hybridized carbons (Fsp3) is 0.300. The molecule has 28 heavy (non-hydrogen) atoms. The zero-order valence-corrected chi connectivity index (χ0v) is 16.2. The van der Waals surface area contributed by atoms with Gasteiger partial charge in [0.15, 0.2) is 11.7 Å². The van der Waals surface area contributed by atoms with Crippen LogP contribution in [0.1, 0.15) is 5.56 Å². The van der Waals surface area contributed by atoms with E-state index in [1.54, 1.807) is 24.3 Å². The Hall–Kier alpha value is -2.58. The maximum atomic E-state index is 13.2. The molecule has 2 aromatic carbocycles. The molecule has 5 nitrogen and oxygen atoms in total. The van der Waals surface area contributed by atoms with Gasteiger partial charge in [-0.3, -0.25) is 4.79 Å². The topological polar surface area (TPSA) is 48.8 Å². The quantitative estimate of drug-likeness (QED) is 0.654. The van der Waals surface area contributed by atoms with Gasteiger partial charge in [0.1, 0.15) is 11.6 Å². The van der Waals surface area contributed by atoms with E-state index in [2.05, 4.69) is 15.5 Å². The maximum absolute atomic E-state index is 13.2. The molecule has 3 N–H and O–H groups in total. The van der Waals surface area contributed by atoms with Gasteiger partial charge in [0, 0.05) is 12.2 Å². The van der Waals surface area contributed by atoms with Gasteiger partial charge in [-0.2, -0.15) is 0 Å². The van der Waals surface area contributed by atoms with Crippen LogP contribution >= 0.6 is 12.2 Å². The summed E-state index contributed by atoms with van der Waals surface area (Å²) >= 11 is 5.44. The molecule has 0 aliphatic carbocycles. The van der Waals surface area contributed by atoms with E-state index in [0.717, 1.165) is 36.6 Å². The Bertz CT molecular complexity index is 823. The number of amides is 1. The van der Waals surface area contributed by atoms with Crippen molar-refractivity contribution in [3.05, 3.63) is 65.7 Å². The summed E-state index contributed by atoms with van der Waals surface area (Å²) in [5.41, 5.74) is 1.43. The zero-order chi connectivity index (χ0) is 19.9. The second-order valence-electron chi connectivity index (χ2n) is 6.76. The summed E-state index contributed by atoms with van der Waals surface area (Å²) in [6.07, 6.45) is 0. The van der Waals surface area contributed by atoms with E-state index < -0.39 is 0 Å². The standard InChI is InChI=1S/C20H22F2N4OS/c21-16-6-4-15(5-7-16)13-23-20(28)26-10-8-25(9-11-26)14-19(27)24-18-3-1-2-17(22)12-18/h1-7,12H,8-11,13-14H2,(H,23,28)(H,24,27)/p+1. The number of carbonyl (C=O) groups is 1. The molecule has 148 valence electrons. The van der Waals surface area contributed by atoms with Gasteiger partial charge in [-0.25, -0.2) is 8.78 Å². The Labute approximate surface area is 168 Å². The second kappa shape index (κ2) is 9.57. The minimum absolute atomic E-state index is 0.133. The van der Waals surface area contributed by atoms with Crippen molar-refractivity contribution in [2.75, 3.05) is 38.0 Å². The first kappa shape index (κ1) is 20.2. The third-order valence-corrected chi connectivity index (χ3v) is 5.04. The molecule has 1 aliphatic heterocycles. The summed E-state index contributed by atoms with van der Waals surface area (Å²) in [5, 5.41) is 6.58. The van der Waals surface area contributed by atoms with Crippen molar-refractivity contribution in [3.63, 3.8) is 0 Å². The molecule has 1 fully saturated rings. The van der Waals surface area contributed by atoms with Crippen LogP contribution in [0.15, 0.2) is 48.5 Å². The molecule has 1 amide bonds. The first-order chi connectivity index (χ1) is 13.5. The highest BCUT2D eigenvalue weighted by molar-refractivity contribution is 7.80. The summed E-state index contributed by atoms with van der Waals surface area (Å²) < 4.78 is 26.1. The molecule has 2 aromatic rings. The molecule has 3 rings (SSSR count). The molecule has 1 aliphatic rings. The van der Waals surface area contributed by atoms with E-state index in [4.69, 9.17) is 12.2 Å². The van der Waals surface area contributed by atoms with Crippen LogP contribution in [0.3, 0.4) is 0 Å². The fourth-order valence-corrected chi connectivity index (χ4v) is 3.35. The molecule has 0 saturated carbocycles. The Morgan fingerprint density at radius 1 is 1.07 bits per heavy atom. The maximum Gasteiger partial charge on any atom is 0.279 e. The number of anilines is 1. The lowest BCUT2D eigenvalue weighted by atomic mass is 10.2. The van der Waals surface area contributed by atoms with Crippen LogP contribution in [-0.4, -0.2) is 48.6 Å². The van der Waals surface area contributed by atoms with E-state index in [0.29, 0.717) is 23.9 Å². The molecule has 0 aromatic heterocycles. The number of benzene rings is 2. The number of nitrogens with one attached hydrogen (secondary N) is 3. The van der Waals surface area contributed by atoms with E-state index in [1.807, 2.05) is 0 Å². The number of carbonyl (C=O) groups excluding carboxylic acids is 1. The van der Waals surface area contributed by atoms with Crippen LogP contribution in [-0.2, 0) is 11.3 Å². The van der Waals surface area contributed by atoms with Gasteiger partial charge in [-0.1, -0.05) is 18.2 Å². The number of nitrogens with zero attached hydrogens (tertiary/aromatic N) is 1. The van der Waals surface area contributed by atoms with Crippen LogP contribution in [0.2, 0.25) is 0 Å². The lowest BCUT2D eigenvalue weighted by Crippen LogP contribution is -3.15. The van der Waals surface area contributed by atoms with Crippen molar-refractivity contribution in [2.24, 2.45) is 0 Å². The molecule has 8 heteroatoms. The molecule has 0 atom stereocenters. The summed E-state index contributed by atoms with van der Waals surface area (Å²) in [7, 11) is 0. The summed E-state index contributed by atoms with van der Waals surface area (Å²) in [5.74, 6) is -0.765. The van der Waals surface area contributed by atoms with Gasteiger partial charge in [0.25, 0.3) is 5.91 Å². The van der Waals surface area contributed by atoms with Gasteiger partial charge < -0.3 is 20.4 Å². The van der Waals surface area contributed by atoms with E-state index in [9.17, 15) is 13.6 Å². The Balaban J connectivity index is 1.39. The molecule has 0 unspecified atom stereocenters. The van der Waals surface area contributed by atoms with Gasteiger partial charge in [-0.15, -0.1) is 0 Å². The van der Waals surface area contributed by atoms with Crippen LogP contribution in [0, 0.1) is 11.6 Å². The van der Waals surface area contributed by atoms with Crippen molar-refractivity contribution < 1.29 is 18.5 Å². The SMILES string of the molecule is O=C(C[NH+]1CCN(C(=S)NCc2ccc(F)cc2)CC1)Nc1cccc(F)c1. The van der Waals surface area contributed by atoms with Gasteiger partial charge in [0.05, 0.1) is 26.2 Å². The average molecular weight is 405 g/mol. The number of piperazine rings is 1. The summed E-state index contributed by atoms with van der Waals surface area (Å²) in [6.45, 7) is 3.95. The molecular weight excluding hydrogens is 382 g/mol. The van der Waals surface area contributed by atoms with Crippen molar-refractivity contribution >= 4 is 28.9 Å². The number of hydrogen-bond acceptors (Lipinski definition) is 2. The van der Waals surface area contributed by atoms with E-state index in [1.165, 1.54) is 24.3 Å². The highest BCUT2D eigenvalue weighted by Crippen LogP contribution is 2.08. The van der Waals surface area contributed by atoms with Crippen molar-refractivity contribution in [3.8, 4) is 0 Å². The van der Waals surface area contributed by atoms with Crippen molar-refractivity contribution in [1.29, 1.82) is 0 Å². The fourth-order valence-electron chi connectivity index (χ4n) is 3.09. The summed E-state index contributed by atoms with van der Waals surface area (Å²) in [6, 6.07) is 12.2. The van der Waals surface area contributed by atoms with E-state index in [-0.39, 0.29) is 17.5 Å². The number of rotatable bonds is 5. The minimum atomic E-state index is -0.375. The Morgan fingerprint density at radius 3 is 2.46 bits per heavy atom. The van der Waals surface area contributed by atoms with Crippen molar-refractivity contribution in [1.82, 2.24) is 10.2 Å². The van der Waals surface area contributed by atoms with Gasteiger partial charge in [-0.05, 0) is 48.1 Å².